The molecule has 4 nitrogen and oxygen atoms in total. The summed E-state index contributed by atoms with van der Waals surface area (Å²) in [6, 6.07) is 4.88. The van der Waals surface area contributed by atoms with Gasteiger partial charge in [0.15, 0.2) is 5.75 Å². The maximum Gasteiger partial charge on any atom is 0.161 e. The lowest BCUT2D eigenvalue weighted by Crippen LogP contribution is -2.22. The number of benzene rings is 1. The van der Waals surface area contributed by atoms with Crippen LogP contribution in [-0.2, 0) is 7.05 Å². The Labute approximate surface area is 119 Å². The molecule has 2 aromatic rings. The number of aryl methyl sites for hydroxylation is 1. The molecule has 2 rings (SSSR count). The second-order valence-corrected chi connectivity index (χ2v) is 4.94. The first-order chi connectivity index (χ1) is 9.10. The van der Waals surface area contributed by atoms with E-state index in [1.807, 2.05) is 0 Å². The predicted molar refractivity (Wildman–Crippen MR) is 74.8 cm³/mol. The summed E-state index contributed by atoms with van der Waals surface area (Å²) in [6.07, 6.45) is 1.62. The molecule has 1 aromatic carbocycles. The van der Waals surface area contributed by atoms with E-state index in [4.69, 9.17) is 4.74 Å². The van der Waals surface area contributed by atoms with Crippen LogP contribution in [0.1, 0.15) is 17.3 Å². The zero-order valence-electron chi connectivity index (χ0n) is 10.9. The average Bonchev–Trinajstić information content (AvgIpc) is 2.77. The Morgan fingerprint density at radius 3 is 2.84 bits per heavy atom. The van der Waals surface area contributed by atoms with Crippen molar-refractivity contribution >= 4 is 15.9 Å². The van der Waals surface area contributed by atoms with E-state index in [1.165, 1.54) is 0 Å². The molecule has 1 atom stereocenters. The van der Waals surface area contributed by atoms with Gasteiger partial charge in [0.05, 0.1) is 23.8 Å². The van der Waals surface area contributed by atoms with Crippen LogP contribution in [0.5, 0.6) is 5.75 Å². The zero-order chi connectivity index (χ0) is 14.0. The first kappa shape index (κ1) is 14.0. The summed E-state index contributed by atoms with van der Waals surface area (Å²) in [7, 11) is 5.15. The van der Waals surface area contributed by atoms with Crippen LogP contribution in [0, 0.1) is 5.82 Å². The molecular weight excluding hydrogens is 313 g/mol. The van der Waals surface area contributed by atoms with Gasteiger partial charge in [-0.25, -0.2) is 4.39 Å². The van der Waals surface area contributed by atoms with Gasteiger partial charge in [0.1, 0.15) is 11.5 Å². The SMILES string of the molecule is CNC(c1cccc(Br)c1F)c1c(OC)cnn1C. The molecule has 0 saturated heterocycles. The normalized spacial score (nSPS) is 12.5. The lowest BCUT2D eigenvalue weighted by atomic mass is 10.0. The Bertz CT molecular complexity index is 585. The van der Waals surface area contributed by atoms with Crippen LogP contribution in [-0.4, -0.2) is 23.9 Å². The minimum Gasteiger partial charge on any atom is -0.493 e. The lowest BCUT2D eigenvalue weighted by molar-refractivity contribution is 0.401. The van der Waals surface area contributed by atoms with Gasteiger partial charge in [-0.3, -0.25) is 4.68 Å². The van der Waals surface area contributed by atoms with Crippen molar-refractivity contribution in [3.63, 3.8) is 0 Å². The molecule has 0 saturated carbocycles. The van der Waals surface area contributed by atoms with E-state index in [9.17, 15) is 4.39 Å². The van der Waals surface area contributed by atoms with Gasteiger partial charge in [0.25, 0.3) is 0 Å². The number of halogens is 2. The summed E-state index contributed by atoms with van der Waals surface area (Å²) >= 11 is 3.20. The molecule has 102 valence electrons. The number of nitrogens with zero attached hydrogens (tertiary/aromatic N) is 2. The quantitative estimate of drug-likeness (QED) is 0.938. The van der Waals surface area contributed by atoms with E-state index >= 15 is 0 Å². The molecule has 0 radical (unpaired) electrons. The Balaban J connectivity index is 2.56. The second-order valence-electron chi connectivity index (χ2n) is 4.09. The molecule has 1 N–H and O–H groups in total. The minimum atomic E-state index is -0.333. The van der Waals surface area contributed by atoms with Gasteiger partial charge in [0.2, 0.25) is 0 Å². The van der Waals surface area contributed by atoms with Crippen molar-refractivity contribution < 1.29 is 9.13 Å². The number of nitrogens with one attached hydrogen (secondary N) is 1. The van der Waals surface area contributed by atoms with Crippen molar-refractivity contribution in [3.8, 4) is 5.75 Å². The topological polar surface area (TPSA) is 39.1 Å². The fraction of sp³-hybridized carbons (Fsp3) is 0.308. The first-order valence-electron chi connectivity index (χ1n) is 5.77. The molecular formula is C13H15BrFN3O. The highest BCUT2D eigenvalue weighted by molar-refractivity contribution is 9.10. The smallest absolute Gasteiger partial charge is 0.161 e. The summed E-state index contributed by atoms with van der Waals surface area (Å²) in [6.45, 7) is 0. The summed E-state index contributed by atoms with van der Waals surface area (Å²) in [5.41, 5.74) is 1.32. The summed E-state index contributed by atoms with van der Waals surface area (Å²) in [4.78, 5) is 0. The lowest BCUT2D eigenvalue weighted by Gasteiger charge is -2.19. The Hall–Kier alpha value is -1.40. The van der Waals surface area contributed by atoms with Crippen LogP contribution in [0.3, 0.4) is 0 Å². The third-order valence-electron chi connectivity index (χ3n) is 3.02. The van der Waals surface area contributed by atoms with E-state index in [0.29, 0.717) is 15.8 Å². The number of rotatable bonds is 4. The van der Waals surface area contributed by atoms with E-state index in [-0.39, 0.29) is 11.9 Å². The maximum atomic E-state index is 14.2. The summed E-state index contributed by atoms with van der Waals surface area (Å²) < 4.78 is 21.6. The highest BCUT2D eigenvalue weighted by Crippen LogP contribution is 2.32. The number of aromatic nitrogens is 2. The number of hydrogen-bond donors (Lipinski definition) is 1. The van der Waals surface area contributed by atoms with E-state index in [1.54, 1.807) is 50.3 Å². The molecule has 1 aromatic heterocycles. The third kappa shape index (κ3) is 2.50. The number of hydrogen-bond acceptors (Lipinski definition) is 3. The third-order valence-corrected chi connectivity index (χ3v) is 3.64. The van der Waals surface area contributed by atoms with Gasteiger partial charge in [-0.05, 0) is 29.0 Å². The molecule has 19 heavy (non-hydrogen) atoms. The van der Waals surface area contributed by atoms with Gasteiger partial charge in [0, 0.05) is 12.6 Å². The first-order valence-corrected chi connectivity index (χ1v) is 6.56. The van der Waals surface area contributed by atoms with Gasteiger partial charge in [-0.2, -0.15) is 5.10 Å². The minimum absolute atomic E-state index is 0.287. The maximum absolute atomic E-state index is 14.2. The Morgan fingerprint density at radius 2 is 2.21 bits per heavy atom. The van der Waals surface area contributed by atoms with Crippen LogP contribution in [0.2, 0.25) is 0 Å². The average molecular weight is 328 g/mol. The summed E-state index contributed by atoms with van der Waals surface area (Å²) in [5.74, 6) is 0.339. The summed E-state index contributed by atoms with van der Waals surface area (Å²) in [5, 5.41) is 7.25. The second kappa shape index (κ2) is 5.71. The van der Waals surface area contributed by atoms with Crippen LogP contribution in [0.15, 0.2) is 28.9 Å². The Morgan fingerprint density at radius 1 is 1.47 bits per heavy atom. The van der Waals surface area contributed by atoms with Crippen LogP contribution >= 0.6 is 15.9 Å². The van der Waals surface area contributed by atoms with Gasteiger partial charge < -0.3 is 10.1 Å². The predicted octanol–water partition coefficient (Wildman–Crippen LogP) is 2.64. The molecule has 0 amide bonds. The fourth-order valence-electron chi connectivity index (χ4n) is 2.10. The number of ether oxygens (including phenoxy) is 1. The molecule has 1 unspecified atom stereocenters. The molecule has 1 heterocycles. The monoisotopic (exact) mass is 327 g/mol. The molecule has 0 spiro atoms. The standard InChI is InChI=1S/C13H15BrFN3O/c1-16-12(8-5-4-6-9(14)11(8)15)13-10(19-3)7-17-18(13)2/h4-7,12,16H,1-3H3. The highest BCUT2D eigenvalue weighted by atomic mass is 79.9. The van der Waals surface area contributed by atoms with Crippen molar-refractivity contribution in [3.05, 3.63) is 45.9 Å². The van der Waals surface area contributed by atoms with E-state index < -0.39 is 0 Å². The van der Waals surface area contributed by atoms with Crippen molar-refractivity contribution in [2.24, 2.45) is 7.05 Å². The van der Waals surface area contributed by atoms with Gasteiger partial charge in [-0.15, -0.1) is 0 Å². The molecule has 0 fully saturated rings. The molecule has 0 bridgehead atoms. The van der Waals surface area contributed by atoms with E-state index in [2.05, 4.69) is 26.3 Å². The molecule has 0 aliphatic rings. The van der Waals surface area contributed by atoms with Crippen molar-refractivity contribution in [1.82, 2.24) is 15.1 Å². The van der Waals surface area contributed by atoms with E-state index in [0.717, 1.165) is 5.69 Å². The highest BCUT2D eigenvalue weighted by Gasteiger charge is 2.24. The van der Waals surface area contributed by atoms with Crippen molar-refractivity contribution in [1.29, 1.82) is 0 Å². The van der Waals surface area contributed by atoms with Crippen molar-refractivity contribution in [2.75, 3.05) is 14.2 Å². The van der Waals surface area contributed by atoms with Gasteiger partial charge >= 0.3 is 0 Å². The van der Waals surface area contributed by atoms with Gasteiger partial charge in [-0.1, -0.05) is 12.1 Å². The van der Waals surface area contributed by atoms with Crippen LogP contribution < -0.4 is 10.1 Å². The largest absolute Gasteiger partial charge is 0.493 e. The van der Waals surface area contributed by atoms with Crippen LogP contribution in [0.25, 0.3) is 0 Å². The molecule has 0 aliphatic carbocycles. The Kier molecular flexibility index (Phi) is 4.21. The van der Waals surface area contributed by atoms with Crippen molar-refractivity contribution in [2.45, 2.75) is 6.04 Å². The van der Waals surface area contributed by atoms with Crippen LogP contribution in [0.4, 0.5) is 4.39 Å². The molecule has 0 aliphatic heterocycles. The molecule has 6 heteroatoms. The zero-order valence-corrected chi connectivity index (χ0v) is 12.5. The fourth-order valence-corrected chi connectivity index (χ4v) is 2.48. The number of methoxy groups -OCH3 is 1.